The van der Waals surface area contributed by atoms with Crippen molar-refractivity contribution in [2.24, 2.45) is 0 Å². The molecule has 0 bridgehead atoms. The predicted molar refractivity (Wildman–Crippen MR) is 112 cm³/mol. The lowest BCUT2D eigenvalue weighted by Crippen LogP contribution is -3.03. The summed E-state index contributed by atoms with van der Waals surface area (Å²) in [5.41, 5.74) is 0.987. The molecule has 2 heterocycles. The van der Waals surface area contributed by atoms with E-state index in [0.29, 0.717) is 23.4 Å². The Bertz CT molecular complexity index is 823. The number of hydrogen-bond acceptors (Lipinski definition) is 6. The fourth-order valence-electron chi connectivity index (χ4n) is 3.77. The van der Waals surface area contributed by atoms with Crippen LogP contribution in [-0.4, -0.2) is 36.6 Å². The molecule has 0 aromatic carbocycles. The third kappa shape index (κ3) is 5.67. The van der Waals surface area contributed by atoms with E-state index in [1.165, 1.54) is 17.4 Å². The fraction of sp³-hybridized carbons (Fsp3) is 0.571. The van der Waals surface area contributed by atoms with E-state index in [-0.39, 0.29) is 17.7 Å². The number of rotatable bonds is 7. The molecule has 1 aliphatic rings. The van der Waals surface area contributed by atoms with Crippen LogP contribution in [0.15, 0.2) is 12.2 Å². The third-order valence-electron chi connectivity index (χ3n) is 4.54. The van der Waals surface area contributed by atoms with Crippen LogP contribution in [0.5, 0.6) is 0 Å². The molecule has 0 spiro atoms. The van der Waals surface area contributed by atoms with E-state index in [9.17, 15) is 14.4 Å². The van der Waals surface area contributed by atoms with Crippen molar-refractivity contribution >= 4 is 34.2 Å². The number of nitrogens with two attached hydrogens (primary N) is 1. The van der Waals surface area contributed by atoms with Crippen LogP contribution in [0, 0.1) is 0 Å². The van der Waals surface area contributed by atoms with Crippen molar-refractivity contribution < 1.29 is 29.2 Å². The summed E-state index contributed by atoms with van der Waals surface area (Å²) < 4.78 is 10.2. The molecule has 3 N–H and O–H groups in total. The van der Waals surface area contributed by atoms with Crippen molar-refractivity contribution in [2.75, 3.05) is 18.5 Å². The van der Waals surface area contributed by atoms with Gasteiger partial charge in [0.25, 0.3) is 5.91 Å². The van der Waals surface area contributed by atoms with Crippen molar-refractivity contribution in [2.45, 2.75) is 65.5 Å². The molecule has 8 heteroatoms. The van der Waals surface area contributed by atoms with Crippen LogP contribution in [0.1, 0.15) is 68.8 Å². The first-order valence-corrected chi connectivity index (χ1v) is 10.7. The highest BCUT2D eigenvalue weighted by Gasteiger charge is 2.45. The zero-order chi connectivity index (χ0) is 21.8. The second kappa shape index (κ2) is 9.09. The maximum absolute atomic E-state index is 12.7. The first kappa shape index (κ1) is 23.1. The Morgan fingerprint density at radius 1 is 1.17 bits per heavy atom. The fourth-order valence-corrected chi connectivity index (χ4v) is 5.07. The quantitative estimate of drug-likeness (QED) is 0.519. The van der Waals surface area contributed by atoms with Crippen LogP contribution < -0.4 is 10.6 Å². The van der Waals surface area contributed by atoms with E-state index < -0.39 is 24.5 Å². The summed E-state index contributed by atoms with van der Waals surface area (Å²) in [6, 6.07) is 0. The molecule has 0 saturated carbocycles. The Morgan fingerprint density at radius 3 is 2.48 bits per heavy atom. The summed E-state index contributed by atoms with van der Waals surface area (Å²) in [5, 5.41) is 5.47. The molecule has 29 heavy (non-hydrogen) atoms. The minimum Gasteiger partial charge on any atom is -0.462 e. The highest BCUT2D eigenvalue weighted by molar-refractivity contribution is 7.17. The van der Waals surface area contributed by atoms with Gasteiger partial charge in [-0.1, -0.05) is 13.0 Å². The molecule has 1 aromatic rings. The van der Waals surface area contributed by atoms with Crippen LogP contribution in [-0.2, 0) is 31.0 Å². The van der Waals surface area contributed by atoms with Gasteiger partial charge in [-0.3, -0.25) is 4.79 Å². The van der Waals surface area contributed by atoms with E-state index >= 15 is 0 Å². The predicted octanol–water partition coefficient (Wildman–Crippen LogP) is 2.51. The van der Waals surface area contributed by atoms with Crippen LogP contribution in [0.25, 0.3) is 0 Å². The lowest BCUT2D eigenvalue weighted by molar-refractivity contribution is -0.789. The minimum absolute atomic E-state index is 0.0960. The Hall–Kier alpha value is -2.19. The second-order valence-electron chi connectivity index (χ2n) is 8.33. The van der Waals surface area contributed by atoms with Gasteiger partial charge in [0, 0.05) is 12.5 Å². The van der Waals surface area contributed by atoms with Gasteiger partial charge in [0.2, 0.25) is 0 Å². The third-order valence-corrected chi connectivity index (χ3v) is 6.03. The summed E-state index contributed by atoms with van der Waals surface area (Å²) in [6.45, 7) is 11.9. The van der Waals surface area contributed by atoms with Crippen molar-refractivity contribution in [3.63, 3.8) is 0 Å². The van der Waals surface area contributed by atoms with Gasteiger partial charge in [0.15, 0.2) is 6.61 Å². The van der Waals surface area contributed by atoms with Crippen molar-refractivity contribution in [1.29, 1.82) is 0 Å². The number of thiophene rings is 1. The van der Waals surface area contributed by atoms with Gasteiger partial charge in [0.1, 0.15) is 10.5 Å². The average molecular weight is 424 g/mol. The minimum atomic E-state index is -0.574. The number of fused-ring (bicyclic) bond motifs is 1. The first-order valence-electron chi connectivity index (χ1n) is 9.84. The van der Waals surface area contributed by atoms with E-state index in [1.54, 1.807) is 13.0 Å². The molecule has 0 unspecified atom stereocenters. The highest BCUT2D eigenvalue weighted by Crippen LogP contribution is 2.42. The Balaban J connectivity index is 2.31. The molecule has 2 rings (SSSR count). The number of nitrogens with one attached hydrogen (secondary N) is 1. The van der Waals surface area contributed by atoms with Crippen molar-refractivity contribution in [3.8, 4) is 0 Å². The van der Waals surface area contributed by atoms with Gasteiger partial charge in [-0.2, -0.15) is 0 Å². The highest BCUT2D eigenvalue weighted by atomic mass is 32.1. The van der Waals surface area contributed by atoms with Gasteiger partial charge < -0.3 is 20.1 Å². The number of anilines is 1. The molecule has 0 aliphatic carbocycles. The van der Waals surface area contributed by atoms with E-state index in [2.05, 4.69) is 38.3 Å². The maximum atomic E-state index is 12.7. The molecule has 0 atom stereocenters. The average Bonchev–Trinajstić information content (AvgIpc) is 2.95. The largest absolute Gasteiger partial charge is 0.462 e. The molecular formula is C21H31N2O5S+. The van der Waals surface area contributed by atoms with Gasteiger partial charge in [-0.25, -0.2) is 9.59 Å². The van der Waals surface area contributed by atoms with Crippen LogP contribution in [0.3, 0.4) is 0 Å². The Morgan fingerprint density at radius 2 is 1.86 bits per heavy atom. The monoisotopic (exact) mass is 423 g/mol. The number of allylic oxidation sites excluding steroid dienone is 1. The van der Waals surface area contributed by atoms with Crippen molar-refractivity contribution in [3.05, 3.63) is 28.2 Å². The van der Waals surface area contributed by atoms with Crippen LogP contribution in [0.2, 0.25) is 0 Å². The summed E-state index contributed by atoms with van der Waals surface area (Å²) >= 11 is 1.38. The van der Waals surface area contributed by atoms with Gasteiger partial charge in [-0.05, 0) is 46.6 Å². The number of carbonyl (C=O) groups excluding carboxylic acids is 3. The summed E-state index contributed by atoms with van der Waals surface area (Å²) in [4.78, 5) is 37.7. The molecule has 1 aromatic heterocycles. The summed E-state index contributed by atoms with van der Waals surface area (Å²) in [6.07, 6.45) is 4.34. The van der Waals surface area contributed by atoms with Gasteiger partial charge in [0.05, 0.1) is 22.6 Å². The molecule has 0 saturated heterocycles. The van der Waals surface area contributed by atoms with E-state index in [0.717, 1.165) is 10.4 Å². The number of esters is 2. The van der Waals surface area contributed by atoms with E-state index in [1.807, 2.05) is 6.92 Å². The number of ether oxygens (including phenoxy) is 2. The molecule has 1 aliphatic heterocycles. The number of carbonyl (C=O) groups is 3. The summed E-state index contributed by atoms with van der Waals surface area (Å²) in [5.74, 6) is -1.51. The SMILES string of the molecule is CC/C=C/C(=O)OCC(=O)Nc1sc2c(c1C(=O)OCC)CC(C)(C)[NH2+]C2(C)C. The Kier molecular flexibility index (Phi) is 7.24. The molecule has 7 nitrogen and oxygen atoms in total. The first-order chi connectivity index (χ1) is 13.5. The summed E-state index contributed by atoms with van der Waals surface area (Å²) in [7, 11) is 0. The van der Waals surface area contributed by atoms with Gasteiger partial charge in [-0.15, -0.1) is 11.3 Å². The lowest BCUT2D eigenvalue weighted by atomic mass is 9.81. The normalized spacial score (nSPS) is 16.9. The molecular weight excluding hydrogens is 392 g/mol. The zero-order valence-electron chi connectivity index (χ0n) is 18.0. The van der Waals surface area contributed by atoms with Crippen LogP contribution in [0.4, 0.5) is 5.00 Å². The zero-order valence-corrected chi connectivity index (χ0v) is 18.8. The molecule has 1 amide bonds. The maximum Gasteiger partial charge on any atom is 0.341 e. The standard InChI is InChI=1S/C21H30N2O5S/c1-7-9-10-15(25)28-12-14(24)22-18-16(19(26)27-8-2)13-11-20(3,4)23-21(5,6)17(13)29-18/h9-10,23H,7-8,11-12H2,1-6H3,(H,22,24)/p+1/b10-9+. The lowest BCUT2D eigenvalue weighted by Gasteiger charge is -2.38. The van der Waals surface area contributed by atoms with Crippen molar-refractivity contribution in [1.82, 2.24) is 0 Å². The smallest absolute Gasteiger partial charge is 0.341 e. The number of quaternary nitrogens is 1. The van der Waals surface area contributed by atoms with Crippen LogP contribution >= 0.6 is 11.3 Å². The topological polar surface area (TPSA) is 98.3 Å². The van der Waals surface area contributed by atoms with Gasteiger partial charge >= 0.3 is 11.9 Å². The molecule has 160 valence electrons. The van der Waals surface area contributed by atoms with E-state index in [4.69, 9.17) is 9.47 Å². The Labute approximate surface area is 175 Å². The number of hydrogen-bond donors (Lipinski definition) is 2. The molecule has 0 radical (unpaired) electrons. The number of amides is 1. The molecule has 0 fully saturated rings. The second-order valence-corrected chi connectivity index (χ2v) is 9.35.